The molecule has 4 rings (SSSR count). The summed E-state index contributed by atoms with van der Waals surface area (Å²) in [5, 5.41) is 0.682. The number of hydrogen-bond donors (Lipinski definition) is 1. The van der Waals surface area contributed by atoms with Crippen molar-refractivity contribution in [1.29, 1.82) is 0 Å². The SMILES string of the molecule is CCCN(CC1CCN(C(=O)c2ccc(F)c(Cl)c2)CC1)[C@H]1CCc2nc(N)sc2C1. The average molecular weight is 465 g/mol. The van der Waals surface area contributed by atoms with Crippen LogP contribution in [0.2, 0.25) is 5.02 Å². The van der Waals surface area contributed by atoms with E-state index in [4.69, 9.17) is 17.3 Å². The normalized spacial score (nSPS) is 19.6. The number of thiazole rings is 1. The van der Waals surface area contributed by atoms with Crippen LogP contribution in [-0.2, 0) is 12.8 Å². The van der Waals surface area contributed by atoms with E-state index in [1.54, 1.807) is 11.3 Å². The van der Waals surface area contributed by atoms with Crippen molar-refractivity contribution in [3.05, 3.63) is 45.2 Å². The molecule has 31 heavy (non-hydrogen) atoms. The number of aromatic nitrogens is 1. The molecule has 0 unspecified atom stereocenters. The third-order valence-corrected chi connectivity index (χ3v) is 7.76. The third-order valence-electron chi connectivity index (χ3n) is 6.52. The van der Waals surface area contributed by atoms with E-state index in [0.29, 0.717) is 22.7 Å². The maximum atomic E-state index is 13.4. The van der Waals surface area contributed by atoms with Crippen molar-refractivity contribution < 1.29 is 9.18 Å². The Bertz CT molecular complexity index is 928. The number of benzene rings is 1. The number of carbonyl (C=O) groups is 1. The first kappa shape index (κ1) is 22.5. The minimum atomic E-state index is -0.496. The van der Waals surface area contributed by atoms with Crippen LogP contribution in [-0.4, -0.2) is 52.9 Å². The number of anilines is 1. The van der Waals surface area contributed by atoms with E-state index in [1.807, 2.05) is 4.90 Å². The molecule has 1 fully saturated rings. The van der Waals surface area contributed by atoms with Crippen LogP contribution in [0.3, 0.4) is 0 Å². The van der Waals surface area contributed by atoms with Crippen LogP contribution in [0.25, 0.3) is 0 Å². The Morgan fingerprint density at radius 1 is 1.35 bits per heavy atom. The lowest BCUT2D eigenvalue weighted by Crippen LogP contribution is -2.45. The van der Waals surface area contributed by atoms with E-state index in [2.05, 4.69) is 16.8 Å². The number of nitrogen functional groups attached to an aromatic ring is 1. The summed E-state index contributed by atoms with van der Waals surface area (Å²) >= 11 is 7.49. The Hall–Kier alpha value is -1.70. The summed E-state index contributed by atoms with van der Waals surface area (Å²) in [4.78, 5) is 23.1. The van der Waals surface area contributed by atoms with Crippen molar-refractivity contribution in [3.8, 4) is 0 Å². The van der Waals surface area contributed by atoms with Crippen LogP contribution in [0.5, 0.6) is 0 Å². The van der Waals surface area contributed by atoms with Gasteiger partial charge in [0.05, 0.1) is 10.7 Å². The molecule has 1 atom stereocenters. The van der Waals surface area contributed by atoms with Gasteiger partial charge in [-0.25, -0.2) is 9.37 Å². The predicted octanol–water partition coefficient (Wildman–Crippen LogP) is 4.64. The second-order valence-corrected chi connectivity index (χ2v) is 10.2. The van der Waals surface area contributed by atoms with Crippen molar-refractivity contribution in [2.45, 2.75) is 51.5 Å². The van der Waals surface area contributed by atoms with Crippen LogP contribution in [0.4, 0.5) is 9.52 Å². The van der Waals surface area contributed by atoms with E-state index in [1.165, 1.54) is 28.8 Å². The largest absolute Gasteiger partial charge is 0.375 e. The molecule has 5 nitrogen and oxygen atoms in total. The van der Waals surface area contributed by atoms with Crippen LogP contribution in [0, 0.1) is 11.7 Å². The van der Waals surface area contributed by atoms with Gasteiger partial charge < -0.3 is 10.6 Å². The van der Waals surface area contributed by atoms with Gasteiger partial charge in [-0.1, -0.05) is 18.5 Å². The van der Waals surface area contributed by atoms with Crippen molar-refractivity contribution in [1.82, 2.24) is 14.8 Å². The van der Waals surface area contributed by atoms with Gasteiger partial charge in [0.25, 0.3) is 5.91 Å². The molecule has 1 aromatic heterocycles. The molecule has 0 spiro atoms. The van der Waals surface area contributed by atoms with E-state index in [9.17, 15) is 9.18 Å². The molecule has 2 N–H and O–H groups in total. The lowest BCUT2D eigenvalue weighted by molar-refractivity contribution is 0.0642. The highest BCUT2D eigenvalue weighted by atomic mass is 35.5. The van der Waals surface area contributed by atoms with Crippen LogP contribution >= 0.6 is 22.9 Å². The summed E-state index contributed by atoms with van der Waals surface area (Å²) in [6, 6.07) is 4.75. The lowest BCUT2D eigenvalue weighted by Gasteiger charge is -2.39. The number of likely N-dealkylation sites (tertiary alicyclic amines) is 1. The topological polar surface area (TPSA) is 62.5 Å². The maximum absolute atomic E-state index is 13.4. The lowest BCUT2D eigenvalue weighted by atomic mass is 9.92. The van der Waals surface area contributed by atoms with Gasteiger partial charge in [0.1, 0.15) is 5.82 Å². The molecule has 1 amide bonds. The highest BCUT2D eigenvalue weighted by Crippen LogP contribution is 2.31. The number of rotatable bonds is 6. The van der Waals surface area contributed by atoms with Crippen LogP contribution in [0.1, 0.15) is 53.5 Å². The Kier molecular flexibility index (Phi) is 7.14. The van der Waals surface area contributed by atoms with Crippen molar-refractivity contribution in [2.75, 3.05) is 31.9 Å². The number of amides is 1. The Morgan fingerprint density at radius 3 is 2.84 bits per heavy atom. The third kappa shape index (κ3) is 5.21. The fraction of sp³-hybridized carbons (Fsp3) is 0.565. The molecular weight excluding hydrogens is 435 g/mol. The molecule has 1 saturated heterocycles. The van der Waals surface area contributed by atoms with E-state index >= 15 is 0 Å². The fourth-order valence-electron chi connectivity index (χ4n) is 4.86. The number of halogens is 2. The molecule has 2 aliphatic rings. The smallest absolute Gasteiger partial charge is 0.253 e. The zero-order chi connectivity index (χ0) is 22.0. The minimum absolute atomic E-state index is 0.00530. The molecule has 0 radical (unpaired) electrons. The van der Waals surface area contributed by atoms with Gasteiger partial charge in [-0.3, -0.25) is 9.69 Å². The van der Waals surface area contributed by atoms with Gasteiger partial charge in [-0.15, -0.1) is 11.3 Å². The van der Waals surface area contributed by atoms with Crippen molar-refractivity contribution >= 4 is 34.0 Å². The molecule has 2 aromatic rings. The van der Waals surface area contributed by atoms with Gasteiger partial charge in [-0.05, 0) is 69.2 Å². The zero-order valence-corrected chi connectivity index (χ0v) is 19.5. The molecule has 1 aliphatic carbocycles. The van der Waals surface area contributed by atoms with E-state index in [0.717, 1.165) is 64.7 Å². The van der Waals surface area contributed by atoms with E-state index in [-0.39, 0.29) is 10.9 Å². The molecule has 0 saturated carbocycles. The molecule has 0 bridgehead atoms. The summed E-state index contributed by atoms with van der Waals surface area (Å²) in [5.41, 5.74) is 7.57. The van der Waals surface area contributed by atoms with Crippen molar-refractivity contribution in [2.24, 2.45) is 5.92 Å². The molecule has 8 heteroatoms. The van der Waals surface area contributed by atoms with Gasteiger partial charge in [-0.2, -0.15) is 0 Å². The number of piperidine rings is 1. The molecule has 168 valence electrons. The molecule has 2 heterocycles. The quantitative estimate of drug-likeness (QED) is 0.676. The standard InChI is InChI=1S/C23H30ClFN4OS/c1-2-9-29(17-4-6-20-21(13-17)31-23(26)27-20)14-15-7-10-28(11-8-15)22(30)16-3-5-19(25)18(24)12-16/h3,5,12,15,17H,2,4,6-11,13-14H2,1H3,(H2,26,27)/t17-/m0/s1. The molecular formula is C23H30ClFN4OS. The first-order valence-electron chi connectivity index (χ1n) is 11.2. The summed E-state index contributed by atoms with van der Waals surface area (Å²) in [5.74, 6) is 0.0254. The number of aryl methyl sites for hydroxylation is 1. The summed E-state index contributed by atoms with van der Waals surface area (Å²) in [6.07, 6.45) is 6.32. The number of carbonyl (C=O) groups excluding carboxylic acids is 1. The second-order valence-electron chi connectivity index (χ2n) is 8.68. The van der Waals surface area contributed by atoms with Gasteiger partial charge in [0.15, 0.2) is 5.13 Å². The predicted molar refractivity (Wildman–Crippen MR) is 124 cm³/mol. The number of nitrogens with zero attached hydrogens (tertiary/aromatic N) is 3. The Balaban J connectivity index is 1.33. The highest BCUT2D eigenvalue weighted by molar-refractivity contribution is 7.15. The Morgan fingerprint density at radius 2 is 2.13 bits per heavy atom. The zero-order valence-electron chi connectivity index (χ0n) is 17.9. The minimum Gasteiger partial charge on any atom is -0.375 e. The number of fused-ring (bicyclic) bond motifs is 1. The summed E-state index contributed by atoms with van der Waals surface area (Å²) < 4.78 is 13.4. The average Bonchev–Trinajstić information content (AvgIpc) is 3.14. The Labute approximate surface area is 192 Å². The maximum Gasteiger partial charge on any atom is 0.253 e. The number of hydrogen-bond acceptors (Lipinski definition) is 5. The summed E-state index contributed by atoms with van der Waals surface area (Å²) in [6.45, 7) is 5.88. The summed E-state index contributed by atoms with van der Waals surface area (Å²) in [7, 11) is 0. The van der Waals surface area contributed by atoms with Crippen LogP contribution in [0.15, 0.2) is 18.2 Å². The monoisotopic (exact) mass is 464 g/mol. The van der Waals surface area contributed by atoms with Crippen LogP contribution < -0.4 is 5.73 Å². The van der Waals surface area contributed by atoms with Gasteiger partial charge >= 0.3 is 0 Å². The van der Waals surface area contributed by atoms with Gasteiger partial charge in [0.2, 0.25) is 0 Å². The molecule has 1 aromatic carbocycles. The fourth-order valence-corrected chi connectivity index (χ4v) is 5.99. The molecule has 1 aliphatic heterocycles. The highest BCUT2D eigenvalue weighted by Gasteiger charge is 2.30. The first-order valence-corrected chi connectivity index (χ1v) is 12.4. The second kappa shape index (κ2) is 9.84. The van der Waals surface area contributed by atoms with Crippen molar-refractivity contribution in [3.63, 3.8) is 0 Å². The number of nitrogens with two attached hydrogens (primary N) is 1. The van der Waals surface area contributed by atoms with E-state index < -0.39 is 5.82 Å². The van der Waals surface area contributed by atoms with Gasteiger partial charge in [0, 0.05) is 36.1 Å². The first-order chi connectivity index (χ1) is 14.9.